The average Bonchev–Trinajstić information content (AvgIpc) is 3.71. The molecule has 246 valence electrons. The van der Waals surface area contributed by atoms with Crippen molar-refractivity contribution in [3.8, 4) is 29.5 Å². The summed E-state index contributed by atoms with van der Waals surface area (Å²) in [6, 6.07) is 15.1. The number of hydrogen-bond donors (Lipinski definition) is 1. The lowest BCUT2D eigenvalue weighted by molar-refractivity contribution is -0.140. The molecule has 1 aliphatic heterocycles. The van der Waals surface area contributed by atoms with Crippen LogP contribution in [0.4, 0.5) is 8.78 Å². The molecule has 2 aromatic heterocycles. The maximum atomic E-state index is 15.5. The van der Waals surface area contributed by atoms with Gasteiger partial charge in [-0.1, -0.05) is 29.5 Å². The van der Waals surface area contributed by atoms with Crippen molar-refractivity contribution in [2.24, 2.45) is 11.3 Å². The Balaban J connectivity index is 1.03. The quantitative estimate of drug-likeness (QED) is 0.170. The Morgan fingerprint density at radius 1 is 1.10 bits per heavy atom. The fourth-order valence-electron chi connectivity index (χ4n) is 6.43. The van der Waals surface area contributed by atoms with Gasteiger partial charge < -0.3 is 19.1 Å². The number of likely N-dealkylation sites (tertiary alicyclic amines) is 1. The minimum absolute atomic E-state index is 0.0615. The van der Waals surface area contributed by atoms with Gasteiger partial charge >= 0.3 is 5.97 Å². The van der Waals surface area contributed by atoms with Gasteiger partial charge in [0.1, 0.15) is 30.0 Å². The van der Waals surface area contributed by atoms with Crippen LogP contribution >= 0.6 is 11.6 Å². The average molecular weight is 672 g/mol. The normalized spacial score (nSPS) is 20.0. The van der Waals surface area contributed by atoms with E-state index in [1.165, 1.54) is 18.2 Å². The lowest BCUT2D eigenvalue weighted by atomic mass is 9.80. The Morgan fingerprint density at radius 2 is 1.92 bits per heavy atom. The Bertz CT molecular complexity index is 1990. The Hall–Kier alpha value is -4.71. The molecule has 0 radical (unpaired) electrons. The number of halogens is 3. The molecule has 4 aromatic rings. The molecule has 48 heavy (non-hydrogen) atoms. The van der Waals surface area contributed by atoms with Gasteiger partial charge in [-0.3, -0.25) is 9.69 Å². The predicted molar refractivity (Wildman–Crippen MR) is 172 cm³/mol. The van der Waals surface area contributed by atoms with Gasteiger partial charge in [0.25, 0.3) is 0 Å². The van der Waals surface area contributed by atoms with Gasteiger partial charge in [-0.15, -0.1) is 0 Å². The third kappa shape index (κ3) is 6.66. The summed E-state index contributed by atoms with van der Waals surface area (Å²) in [6.07, 6.45) is 3.66. The van der Waals surface area contributed by atoms with E-state index < -0.39 is 29.4 Å². The largest absolute Gasteiger partial charge is 0.484 e. The van der Waals surface area contributed by atoms with Gasteiger partial charge in [0.05, 0.1) is 29.7 Å². The van der Waals surface area contributed by atoms with Gasteiger partial charge in [-0.2, -0.15) is 5.26 Å². The summed E-state index contributed by atoms with van der Waals surface area (Å²) in [5.41, 5.74) is 1.81. The molecule has 2 aromatic carbocycles. The van der Waals surface area contributed by atoms with Crippen LogP contribution in [0.5, 0.6) is 11.6 Å². The van der Waals surface area contributed by atoms with Gasteiger partial charge in [0.2, 0.25) is 5.88 Å². The summed E-state index contributed by atoms with van der Waals surface area (Å²) in [4.78, 5) is 23.2. The molecule has 0 bridgehead atoms. The van der Waals surface area contributed by atoms with Gasteiger partial charge in [0, 0.05) is 42.6 Å². The number of piperidine rings is 1. The van der Waals surface area contributed by atoms with Crippen molar-refractivity contribution in [1.82, 2.24) is 19.4 Å². The van der Waals surface area contributed by atoms with E-state index in [0.29, 0.717) is 53.0 Å². The SMILES string of the molecule is N#CCC1(Cn2c(CN3CCC(Oc4cccc(COc5ccc(Cl)cc5F)n4)CC3)nc3c(F)cc(C4C#CC4C(=O)O)cc32)CC1. The molecule has 2 aliphatic carbocycles. The molecule has 0 spiro atoms. The first-order chi connectivity index (χ1) is 23.2. The van der Waals surface area contributed by atoms with Crippen molar-refractivity contribution in [2.45, 2.75) is 63.8 Å². The number of rotatable bonds is 12. The summed E-state index contributed by atoms with van der Waals surface area (Å²) in [7, 11) is 0. The first kappa shape index (κ1) is 31.9. The highest BCUT2D eigenvalue weighted by Crippen LogP contribution is 2.50. The monoisotopic (exact) mass is 671 g/mol. The minimum Gasteiger partial charge on any atom is -0.484 e. The fraction of sp³-hybridized carbons (Fsp3) is 0.389. The highest BCUT2D eigenvalue weighted by molar-refractivity contribution is 6.30. The number of carbonyl (C=O) groups is 1. The second-order valence-corrected chi connectivity index (χ2v) is 13.3. The van der Waals surface area contributed by atoms with E-state index in [9.17, 15) is 19.6 Å². The number of fused-ring (bicyclic) bond motifs is 1. The van der Waals surface area contributed by atoms with E-state index in [2.05, 4.69) is 27.8 Å². The molecular formula is C36H32ClF2N5O4. The molecule has 3 aliphatic rings. The molecule has 1 N–H and O–H groups in total. The van der Waals surface area contributed by atoms with Crippen LogP contribution in [0, 0.1) is 46.1 Å². The standard InChI is InChI=1S/C36H32ClF2N5O4/c37-23-4-7-31(28(38)18-23)47-20-24-2-1-3-33(41-24)48-25-8-14-43(15-9-25)19-32-42-34-29(39)16-22(26-5-6-27(26)35(45)46)17-30(34)44(32)21-36(10-11-36)12-13-40/h1-4,7,16-18,25-27H,8-12,14-15,19-21H2,(H,45,46). The van der Waals surface area contributed by atoms with Crippen LogP contribution in [0.3, 0.4) is 0 Å². The number of carboxylic acid groups (broad SMARTS) is 1. The number of ether oxygens (including phenoxy) is 2. The Labute approximate surface area is 281 Å². The molecule has 2 fully saturated rings. The van der Waals surface area contributed by atoms with Crippen LogP contribution in [0.1, 0.15) is 55.1 Å². The molecule has 12 heteroatoms. The van der Waals surface area contributed by atoms with E-state index in [0.717, 1.165) is 38.8 Å². The summed E-state index contributed by atoms with van der Waals surface area (Å²) < 4.78 is 43.5. The van der Waals surface area contributed by atoms with Gasteiger partial charge in [-0.25, -0.2) is 18.7 Å². The number of hydrogen-bond acceptors (Lipinski definition) is 7. The number of nitriles is 1. The lowest BCUT2D eigenvalue weighted by Crippen LogP contribution is -2.38. The zero-order valence-corrected chi connectivity index (χ0v) is 26.7. The Kier molecular flexibility index (Phi) is 8.67. The zero-order valence-electron chi connectivity index (χ0n) is 26.0. The molecule has 2 atom stereocenters. The minimum atomic E-state index is -1.02. The first-order valence-corrected chi connectivity index (χ1v) is 16.3. The highest BCUT2D eigenvalue weighted by Gasteiger charge is 2.44. The molecule has 0 amide bonds. The van der Waals surface area contributed by atoms with Crippen molar-refractivity contribution >= 4 is 28.6 Å². The third-order valence-corrected chi connectivity index (χ3v) is 9.64. The maximum Gasteiger partial charge on any atom is 0.320 e. The smallest absolute Gasteiger partial charge is 0.320 e. The number of benzene rings is 2. The summed E-state index contributed by atoms with van der Waals surface area (Å²) >= 11 is 5.82. The maximum absolute atomic E-state index is 15.5. The molecule has 2 unspecified atom stereocenters. The van der Waals surface area contributed by atoms with Crippen LogP contribution in [0.15, 0.2) is 48.5 Å². The van der Waals surface area contributed by atoms with E-state index in [1.54, 1.807) is 18.2 Å². The number of pyridine rings is 1. The van der Waals surface area contributed by atoms with E-state index in [4.69, 9.17) is 26.1 Å². The second-order valence-electron chi connectivity index (χ2n) is 12.8. The van der Waals surface area contributed by atoms with Crippen LogP contribution in [0.2, 0.25) is 5.02 Å². The zero-order chi connectivity index (χ0) is 33.4. The first-order valence-electron chi connectivity index (χ1n) is 15.9. The van der Waals surface area contributed by atoms with Crippen LogP contribution in [0.25, 0.3) is 11.0 Å². The van der Waals surface area contributed by atoms with Crippen molar-refractivity contribution < 1.29 is 28.2 Å². The van der Waals surface area contributed by atoms with E-state index >= 15 is 4.39 Å². The predicted octanol–water partition coefficient (Wildman–Crippen LogP) is 6.48. The summed E-state index contributed by atoms with van der Waals surface area (Å²) in [6.45, 7) is 2.56. The summed E-state index contributed by atoms with van der Waals surface area (Å²) in [5.74, 6) is 3.31. The van der Waals surface area contributed by atoms with Crippen molar-refractivity contribution in [2.75, 3.05) is 13.1 Å². The number of aliphatic carboxylic acids is 1. The van der Waals surface area contributed by atoms with Crippen LogP contribution < -0.4 is 9.47 Å². The molecule has 1 saturated heterocycles. The van der Waals surface area contributed by atoms with Gasteiger partial charge in [0.15, 0.2) is 17.4 Å². The second kappa shape index (κ2) is 13.1. The third-order valence-electron chi connectivity index (χ3n) is 9.40. The molecule has 7 rings (SSSR count). The van der Waals surface area contributed by atoms with Crippen molar-refractivity contribution in [1.29, 1.82) is 5.26 Å². The number of aromatic nitrogens is 3. The van der Waals surface area contributed by atoms with Crippen LogP contribution in [-0.4, -0.2) is 49.7 Å². The summed E-state index contributed by atoms with van der Waals surface area (Å²) in [5, 5.41) is 19.3. The lowest BCUT2D eigenvalue weighted by Gasteiger charge is -2.32. The molecule has 3 heterocycles. The molecule has 1 saturated carbocycles. The topological polar surface area (TPSA) is 114 Å². The fourth-order valence-corrected chi connectivity index (χ4v) is 6.59. The van der Waals surface area contributed by atoms with Crippen molar-refractivity contribution in [3.63, 3.8) is 0 Å². The van der Waals surface area contributed by atoms with Crippen LogP contribution in [-0.2, 0) is 24.5 Å². The van der Waals surface area contributed by atoms with Gasteiger partial charge in [-0.05, 0) is 67.6 Å². The Morgan fingerprint density at radius 3 is 2.60 bits per heavy atom. The number of carboxylic acids is 1. The molecule has 9 nitrogen and oxygen atoms in total. The highest BCUT2D eigenvalue weighted by atomic mass is 35.5. The van der Waals surface area contributed by atoms with Crippen molar-refractivity contribution in [3.05, 3.63) is 82.3 Å². The number of nitrogens with zero attached hydrogens (tertiary/aromatic N) is 5. The van der Waals surface area contributed by atoms with E-state index in [1.807, 2.05) is 16.7 Å². The number of imidazole rings is 1. The molecular weight excluding hydrogens is 640 g/mol. The van der Waals surface area contributed by atoms with E-state index in [-0.39, 0.29) is 29.4 Å².